The van der Waals surface area contributed by atoms with Crippen molar-refractivity contribution in [1.29, 1.82) is 0 Å². The number of aliphatic hydroxyl groups is 2. The standard InChI is InChI=1S/C12H14O3/c13-8-4-7-12(14)10-15-9-11-5-2-1-3-6-11/h1-3,5-6,12-14H,8-10H2/t12-/m1/s1. The maximum absolute atomic E-state index is 9.25. The average molecular weight is 206 g/mol. The molecule has 0 aromatic heterocycles. The second-order valence-corrected chi connectivity index (χ2v) is 3.00. The predicted octanol–water partition coefficient (Wildman–Crippen LogP) is 0.560. The van der Waals surface area contributed by atoms with E-state index in [9.17, 15) is 5.11 Å². The van der Waals surface area contributed by atoms with Crippen LogP contribution >= 0.6 is 0 Å². The molecule has 80 valence electrons. The van der Waals surface area contributed by atoms with Gasteiger partial charge < -0.3 is 14.9 Å². The van der Waals surface area contributed by atoms with Crippen molar-refractivity contribution in [1.82, 2.24) is 0 Å². The van der Waals surface area contributed by atoms with Gasteiger partial charge in [-0.05, 0) is 5.56 Å². The zero-order valence-corrected chi connectivity index (χ0v) is 8.39. The van der Waals surface area contributed by atoms with Gasteiger partial charge in [-0.15, -0.1) is 0 Å². The number of aliphatic hydroxyl groups excluding tert-OH is 2. The molecular formula is C12H14O3. The molecule has 2 N–H and O–H groups in total. The fourth-order valence-corrected chi connectivity index (χ4v) is 1.07. The van der Waals surface area contributed by atoms with E-state index in [0.29, 0.717) is 6.61 Å². The summed E-state index contributed by atoms with van der Waals surface area (Å²) in [7, 11) is 0. The quantitative estimate of drug-likeness (QED) is 0.708. The number of benzene rings is 1. The molecule has 0 radical (unpaired) electrons. The molecule has 3 heteroatoms. The van der Waals surface area contributed by atoms with E-state index >= 15 is 0 Å². The smallest absolute Gasteiger partial charge is 0.138 e. The van der Waals surface area contributed by atoms with E-state index in [0.717, 1.165) is 5.56 Å². The van der Waals surface area contributed by atoms with Crippen LogP contribution in [0.2, 0.25) is 0 Å². The zero-order valence-electron chi connectivity index (χ0n) is 8.39. The van der Waals surface area contributed by atoms with Crippen LogP contribution in [0.15, 0.2) is 30.3 Å². The van der Waals surface area contributed by atoms with Gasteiger partial charge in [0.15, 0.2) is 0 Å². The topological polar surface area (TPSA) is 49.7 Å². The molecule has 0 fully saturated rings. The lowest BCUT2D eigenvalue weighted by molar-refractivity contribution is 0.0543. The van der Waals surface area contributed by atoms with Crippen LogP contribution in [0.3, 0.4) is 0 Å². The molecule has 1 rings (SSSR count). The summed E-state index contributed by atoms with van der Waals surface area (Å²) in [5, 5.41) is 17.6. The van der Waals surface area contributed by atoms with Crippen molar-refractivity contribution in [3.8, 4) is 11.8 Å². The summed E-state index contributed by atoms with van der Waals surface area (Å²) >= 11 is 0. The van der Waals surface area contributed by atoms with E-state index in [4.69, 9.17) is 9.84 Å². The summed E-state index contributed by atoms with van der Waals surface area (Å²) in [4.78, 5) is 0. The molecule has 1 atom stereocenters. The molecule has 0 bridgehead atoms. The largest absolute Gasteiger partial charge is 0.384 e. The van der Waals surface area contributed by atoms with Crippen LogP contribution in [0.25, 0.3) is 0 Å². The van der Waals surface area contributed by atoms with Gasteiger partial charge in [0.1, 0.15) is 12.7 Å². The lowest BCUT2D eigenvalue weighted by Crippen LogP contribution is -2.12. The fraction of sp³-hybridized carbons (Fsp3) is 0.333. The molecular weight excluding hydrogens is 192 g/mol. The molecule has 0 spiro atoms. The van der Waals surface area contributed by atoms with Crippen LogP contribution in [0, 0.1) is 11.8 Å². The van der Waals surface area contributed by atoms with Gasteiger partial charge in [-0.1, -0.05) is 42.2 Å². The Morgan fingerprint density at radius 3 is 2.67 bits per heavy atom. The van der Waals surface area contributed by atoms with Crippen molar-refractivity contribution in [3.05, 3.63) is 35.9 Å². The van der Waals surface area contributed by atoms with E-state index in [1.165, 1.54) is 0 Å². The van der Waals surface area contributed by atoms with Gasteiger partial charge in [0.05, 0.1) is 13.2 Å². The molecule has 0 amide bonds. The Morgan fingerprint density at radius 1 is 1.27 bits per heavy atom. The average Bonchev–Trinajstić information content (AvgIpc) is 2.28. The van der Waals surface area contributed by atoms with Crippen molar-refractivity contribution in [2.24, 2.45) is 0 Å². The first-order chi connectivity index (χ1) is 7.33. The minimum Gasteiger partial charge on any atom is -0.384 e. The molecule has 0 saturated heterocycles. The fourth-order valence-electron chi connectivity index (χ4n) is 1.07. The maximum atomic E-state index is 9.25. The molecule has 15 heavy (non-hydrogen) atoms. The SMILES string of the molecule is OCC#C[C@@H](O)COCc1ccccc1. The van der Waals surface area contributed by atoms with E-state index < -0.39 is 6.10 Å². The molecule has 0 aliphatic rings. The first-order valence-corrected chi connectivity index (χ1v) is 4.72. The highest BCUT2D eigenvalue weighted by Gasteiger charge is 1.98. The molecule has 3 nitrogen and oxygen atoms in total. The van der Waals surface area contributed by atoms with E-state index in [2.05, 4.69) is 11.8 Å². The predicted molar refractivity (Wildman–Crippen MR) is 57.0 cm³/mol. The minimum atomic E-state index is -0.833. The second kappa shape index (κ2) is 7.02. The van der Waals surface area contributed by atoms with Crippen molar-refractivity contribution in [3.63, 3.8) is 0 Å². The van der Waals surface area contributed by atoms with Crippen LogP contribution in [0.4, 0.5) is 0 Å². The minimum absolute atomic E-state index is 0.155. The summed E-state index contributed by atoms with van der Waals surface area (Å²) < 4.78 is 5.24. The second-order valence-electron chi connectivity index (χ2n) is 3.00. The van der Waals surface area contributed by atoms with E-state index in [1.54, 1.807) is 0 Å². The normalized spacial score (nSPS) is 11.6. The molecule has 0 heterocycles. The molecule has 0 aliphatic carbocycles. The molecule has 0 unspecified atom stereocenters. The zero-order chi connectivity index (χ0) is 10.9. The monoisotopic (exact) mass is 206 g/mol. The van der Waals surface area contributed by atoms with Crippen LogP contribution < -0.4 is 0 Å². The number of hydrogen-bond donors (Lipinski definition) is 2. The van der Waals surface area contributed by atoms with Gasteiger partial charge in [0, 0.05) is 0 Å². The Kier molecular flexibility index (Phi) is 5.49. The summed E-state index contributed by atoms with van der Waals surface area (Å²) in [5.74, 6) is 4.82. The van der Waals surface area contributed by atoms with E-state index in [-0.39, 0.29) is 13.2 Å². The van der Waals surface area contributed by atoms with Gasteiger partial charge in [0.2, 0.25) is 0 Å². The molecule has 0 aliphatic heterocycles. The van der Waals surface area contributed by atoms with Gasteiger partial charge in [-0.3, -0.25) is 0 Å². The third-order valence-electron chi connectivity index (χ3n) is 1.74. The van der Waals surface area contributed by atoms with Crippen LogP contribution in [0.5, 0.6) is 0 Å². The summed E-state index contributed by atoms with van der Waals surface area (Å²) in [5.41, 5.74) is 1.06. The first-order valence-electron chi connectivity index (χ1n) is 4.72. The van der Waals surface area contributed by atoms with Gasteiger partial charge >= 0.3 is 0 Å². The Morgan fingerprint density at radius 2 is 2.00 bits per heavy atom. The van der Waals surface area contributed by atoms with Gasteiger partial charge in [0.25, 0.3) is 0 Å². The number of ether oxygens (including phenoxy) is 1. The molecule has 1 aromatic carbocycles. The Bertz CT molecular complexity index is 324. The van der Waals surface area contributed by atoms with Crippen molar-refractivity contribution in [2.75, 3.05) is 13.2 Å². The first kappa shape index (κ1) is 11.7. The molecule has 1 aromatic rings. The Balaban J connectivity index is 2.22. The molecule has 0 saturated carbocycles. The third-order valence-corrected chi connectivity index (χ3v) is 1.74. The highest BCUT2D eigenvalue weighted by Crippen LogP contribution is 2.00. The van der Waals surface area contributed by atoms with Crippen molar-refractivity contribution in [2.45, 2.75) is 12.7 Å². The summed E-state index contributed by atoms with van der Waals surface area (Å²) in [6.07, 6.45) is -0.833. The van der Waals surface area contributed by atoms with Gasteiger partial charge in [-0.25, -0.2) is 0 Å². The highest BCUT2D eigenvalue weighted by atomic mass is 16.5. The van der Waals surface area contributed by atoms with Crippen molar-refractivity contribution >= 4 is 0 Å². The van der Waals surface area contributed by atoms with Crippen molar-refractivity contribution < 1.29 is 14.9 Å². The lowest BCUT2D eigenvalue weighted by Gasteiger charge is -2.05. The van der Waals surface area contributed by atoms with Crippen LogP contribution in [0.1, 0.15) is 5.56 Å². The van der Waals surface area contributed by atoms with Crippen LogP contribution in [-0.4, -0.2) is 29.5 Å². The number of rotatable bonds is 4. The highest BCUT2D eigenvalue weighted by molar-refractivity contribution is 5.13. The maximum Gasteiger partial charge on any atom is 0.138 e. The third kappa shape index (κ3) is 5.18. The number of hydrogen-bond acceptors (Lipinski definition) is 3. The summed E-state index contributed by atoms with van der Waals surface area (Å²) in [6, 6.07) is 9.70. The van der Waals surface area contributed by atoms with Crippen LogP contribution in [-0.2, 0) is 11.3 Å². The van der Waals surface area contributed by atoms with E-state index in [1.807, 2.05) is 30.3 Å². The Hall–Kier alpha value is -1.34. The summed E-state index contributed by atoms with van der Waals surface area (Å²) in [6.45, 7) is 0.371. The Labute approximate surface area is 89.3 Å². The lowest BCUT2D eigenvalue weighted by atomic mass is 10.2. The van der Waals surface area contributed by atoms with Gasteiger partial charge in [-0.2, -0.15) is 0 Å².